The van der Waals surface area contributed by atoms with Crippen molar-refractivity contribution in [3.8, 4) is 5.75 Å². The monoisotopic (exact) mass is 283 g/mol. The molecule has 19 heavy (non-hydrogen) atoms. The number of ether oxygens (including phenoxy) is 1. The Morgan fingerprint density at radius 1 is 1.21 bits per heavy atom. The fraction of sp³-hybridized carbons (Fsp3) is 0.571. The molecular weight excluding hydrogens is 262 g/mol. The highest BCUT2D eigenvalue weighted by atomic mass is 32.2. The van der Waals surface area contributed by atoms with Crippen molar-refractivity contribution in [3.05, 3.63) is 29.8 Å². The Hall–Kier alpha value is -1.07. The van der Waals surface area contributed by atoms with Gasteiger partial charge in [0.05, 0.1) is 12.4 Å². The lowest BCUT2D eigenvalue weighted by atomic mass is 10.0. The Morgan fingerprint density at radius 3 is 2.21 bits per heavy atom. The molecule has 1 unspecified atom stereocenters. The number of sulfonamides is 1. The number of benzene rings is 1. The second-order valence-electron chi connectivity index (χ2n) is 5.30. The van der Waals surface area contributed by atoms with Crippen LogP contribution in [0.3, 0.4) is 0 Å². The van der Waals surface area contributed by atoms with E-state index in [0.717, 1.165) is 24.2 Å². The van der Waals surface area contributed by atoms with E-state index < -0.39 is 15.3 Å². The van der Waals surface area contributed by atoms with E-state index in [1.807, 2.05) is 24.3 Å². The van der Waals surface area contributed by atoms with Crippen molar-refractivity contribution in [1.29, 1.82) is 0 Å². The summed E-state index contributed by atoms with van der Waals surface area (Å²) in [7, 11) is -1.63. The van der Waals surface area contributed by atoms with Gasteiger partial charge in [-0.2, -0.15) is 0 Å². The molecule has 4 nitrogen and oxygen atoms in total. The molecule has 1 aromatic rings. The Kier molecular flexibility index (Phi) is 4.16. The molecule has 106 valence electrons. The van der Waals surface area contributed by atoms with E-state index in [9.17, 15) is 8.42 Å². The topological polar surface area (TPSA) is 55.4 Å². The van der Waals surface area contributed by atoms with Crippen LogP contribution in [0.2, 0.25) is 0 Å². The first-order chi connectivity index (χ1) is 8.94. The van der Waals surface area contributed by atoms with Crippen LogP contribution >= 0.6 is 0 Å². The van der Waals surface area contributed by atoms with Crippen molar-refractivity contribution in [1.82, 2.24) is 4.72 Å². The zero-order chi connectivity index (χ0) is 14.0. The van der Waals surface area contributed by atoms with Crippen molar-refractivity contribution >= 4 is 10.0 Å². The zero-order valence-electron chi connectivity index (χ0n) is 11.6. The molecule has 0 spiro atoms. The van der Waals surface area contributed by atoms with E-state index >= 15 is 0 Å². The molecule has 1 saturated carbocycles. The molecular formula is C14H21NO3S. The van der Waals surface area contributed by atoms with Gasteiger partial charge in [-0.1, -0.05) is 12.1 Å². The molecule has 0 radical (unpaired) electrons. The molecule has 1 N–H and O–H groups in total. The van der Waals surface area contributed by atoms with Crippen LogP contribution in [0, 0.1) is 5.92 Å². The molecule has 5 heteroatoms. The summed E-state index contributed by atoms with van der Waals surface area (Å²) in [6.45, 7) is 3.39. The molecule has 0 amide bonds. The highest BCUT2D eigenvalue weighted by Gasteiger charge is 2.35. The first-order valence-electron chi connectivity index (χ1n) is 6.59. The zero-order valence-corrected chi connectivity index (χ0v) is 12.4. The third kappa shape index (κ3) is 3.48. The van der Waals surface area contributed by atoms with Crippen molar-refractivity contribution in [2.24, 2.45) is 5.92 Å². The Morgan fingerprint density at radius 2 is 1.79 bits per heavy atom. The number of rotatable bonds is 6. The lowest BCUT2D eigenvalue weighted by Crippen LogP contribution is -2.35. The van der Waals surface area contributed by atoms with Gasteiger partial charge in [0, 0.05) is 6.04 Å². The van der Waals surface area contributed by atoms with Crippen molar-refractivity contribution in [2.45, 2.75) is 38.0 Å². The van der Waals surface area contributed by atoms with Gasteiger partial charge in [0.15, 0.2) is 0 Å². The summed E-state index contributed by atoms with van der Waals surface area (Å²) in [4.78, 5) is 0. The first kappa shape index (κ1) is 14.3. The first-order valence-corrected chi connectivity index (χ1v) is 8.14. The van der Waals surface area contributed by atoms with E-state index in [0.29, 0.717) is 5.92 Å². The van der Waals surface area contributed by atoms with Gasteiger partial charge < -0.3 is 4.74 Å². The number of hydrogen-bond acceptors (Lipinski definition) is 3. The van der Waals surface area contributed by atoms with Gasteiger partial charge in [0.2, 0.25) is 10.0 Å². The quantitative estimate of drug-likeness (QED) is 0.872. The summed E-state index contributed by atoms with van der Waals surface area (Å²) in [6, 6.07) is 7.50. The maximum Gasteiger partial charge on any atom is 0.214 e. The van der Waals surface area contributed by atoms with Crippen LogP contribution in [0.4, 0.5) is 0 Å². The molecule has 1 aromatic carbocycles. The van der Waals surface area contributed by atoms with Gasteiger partial charge in [-0.15, -0.1) is 0 Å². The SMILES string of the molecule is COc1ccc(C(NS(=O)(=O)C(C)C)C2CC2)cc1. The van der Waals surface area contributed by atoms with E-state index in [1.165, 1.54) is 0 Å². The standard InChI is InChI=1S/C14H21NO3S/c1-10(2)19(16,17)15-14(11-4-5-11)12-6-8-13(18-3)9-7-12/h6-11,14-15H,4-5H2,1-3H3. The number of methoxy groups -OCH3 is 1. The predicted molar refractivity (Wildman–Crippen MR) is 75.7 cm³/mol. The molecule has 1 atom stereocenters. The van der Waals surface area contributed by atoms with E-state index in [1.54, 1.807) is 21.0 Å². The second kappa shape index (κ2) is 5.51. The van der Waals surface area contributed by atoms with Crippen LogP contribution in [-0.2, 0) is 10.0 Å². The van der Waals surface area contributed by atoms with Gasteiger partial charge in [-0.25, -0.2) is 13.1 Å². The van der Waals surface area contributed by atoms with E-state index in [-0.39, 0.29) is 6.04 Å². The highest BCUT2D eigenvalue weighted by molar-refractivity contribution is 7.90. The highest BCUT2D eigenvalue weighted by Crippen LogP contribution is 2.41. The molecule has 0 aliphatic heterocycles. The largest absolute Gasteiger partial charge is 0.497 e. The Labute approximate surface area is 115 Å². The Bertz CT molecular complexity index is 518. The van der Waals surface area contributed by atoms with Crippen LogP contribution in [0.5, 0.6) is 5.75 Å². The normalized spacial score (nSPS) is 17.5. The predicted octanol–water partition coefficient (Wildman–Crippen LogP) is 2.47. The van der Waals surface area contributed by atoms with Gasteiger partial charge in [0.25, 0.3) is 0 Å². The van der Waals surface area contributed by atoms with Gasteiger partial charge >= 0.3 is 0 Å². The summed E-state index contributed by atoms with van der Waals surface area (Å²) in [5.41, 5.74) is 1.01. The third-order valence-electron chi connectivity index (χ3n) is 3.48. The molecule has 2 rings (SSSR count). The third-order valence-corrected chi connectivity index (χ3v) is 5.30. The molecule has 1 fully saturated rings. The molecule has 0 heterocycles. The fourth-order valence-corrected chi connectivity index (χ4v) is 2.94. The summed E-state index contributed by atoms with van der Waals surface area (Å²) in [5, 5.41) is -0.410. The number of nitrogens with one attached hydrogen (secondary N) is 1. The van der Waals surface area contributed by atoms with Crippen LogP contribution in [0.1, 0.15) is 38.3 Å². The molecule has 1 aliphatic rings. The van der Waals surface area contributed by atoms with Crippen LogP contribution in [0.15, 0.2) is 24.3 Å². The summed E-state index contributed by atoms with van der Waals surface area (Å²) < 4.78 is 32.0. The van der Waals surface area contributed by atoms with Gasteiger partial charge in [-0.3, -0.25) is 0 Å². The fourth-order valence-electron chi connectivity index (χ4n) is 1.99. The summed E-state index contributed by atoms with van der Waals surface area (Å²) in [6.07, 6.45) is 2.16. The minimum absolute atomic E-state index is 0.113. The van der Waals surface area contributed by atoms with Crippen LogP contribution in [0.25, 0.3) is 0 Å². The van der Waals surface area contributed by atoms with Crippen LogP contribution < -0.4 is 9.46 Å². The smallest absolute Gasteiger partial charge is 0.214 e. The van der Waals surface area contributed by atoms with E-state index in [4.69, 9.17) is 4.74 Å². The van der Waals surface area contributed by atoms with Gasteiger partial charge in [-0.05, 0) is 50.3 Å². The minimum Gasteiger partial charge on any atom is -0.497 e. The lowest BCUT2D eigenvalue weighted by Gasteiger charge is -2.20. The molecule has 0 bridgehead atoms. The van der Waals surface area contributed by atoms with Crippen molar-refractivity contribution < 1.29 is 13.2 Å². The average molecular weight is 283 g/mol. The van der Waals surface area contributed by atoms with E-state index in [2.05, 4.69) is 4.72 Å². The molecule has 0 aromatic heterocycles. The minimum atomic E-state index is -3.25. The number of hydrogen-bond donors (Lipinski definition) is 1. The summed E-state index contributed by atoms with van der Waals surface area (Å²) in [5.74, 6) is 1.20. The maximum absolute atomic E-state index is 12.0. The average Bonchev–Trinajstić information content (AvgIpc) is 3.20. The van der Waals surface area contributed by atoms with Crippen molar-refractivity contribution in [3.63, 3.8) is 0 Å². The molecule has 1 aliphatic carbocycles. The van der Waals surface area contributed by atoms with Crippen LogP contribution in [-0.4, -0.2) is 20.8 Å². The summed E-state index contributed by atoms with van der Waals surface area (Å²) >= 11 is 0. The maximum atomic E-state index is 12.0. The molecule has 0 saturated heterocycles. The lowest BCUT2D eigenvalue weighted by molar-refractivity contribution is 0.414. The second-order valence-corrected chi connectivity index (χ2v) is 7.57. The Balaban J connectivity index is 2.20. The van der Waals surface area contributed by atoms with Gasteiger partial charge in [0.1, 0.15) is 5.75 Å². The van der Waals surface area contributed by atoms with Crippen molar-refractivity contribution in [2.75, 3.05) is 7.11 Å².